The molecular formula is C10H19N. The van der Waals surface area contributed by atoms with E-state index in [2.05, 4.69) is 6.92 Å². The molecule has 0 bridgehead atoms. The third kappa shape index (κ3) is 2.57. The molecule has 0 aromatic heterocycles. The van der Waals surface area contributed by atoms with Gasteiger partial charge in [0.05, 0.1) is 0 Å². The van der Waals surface area contributed by atoms with Crippen molar-refractivity contribution in [2.75, 3.05) is 0 Å². The number of hydrogen-bond donors (Lipinski definition) is 1. The van der Waals surface area contributed by atoms with Crippen molar-refractivity contribution in [3.63, 3.8) is 0 Å². The van der Waals surface area contributed by atoms with Crippen molar-refractivity contribution in [1.82, 2.24) is 0 Å². The summed E-state index contributed by atoms with van der Waals surface area (Å²) in [4.78, 5) is 0. The van der Waals surface area contributed by atoms with Crippen LogP contribution in [0.1, 0.15) is 51.9 Å². The Bertz CT molecular complexity index is 147. The summed E-state index contributed by atoms with van der Waals surface area (Å²) < 4.78 is 0. The van der Waals surface area contributed by atoms with Crippen molar-refractivity contribution in [2.45, 2.75) is 51.9 Å². The molecule has 64 valence electrons. The van der Waals surface area contributed by atoms with Crippen LogP contribution >= 0.6 is 0 Å². The zero-order valence-electron chi connectivity index (χ0n) is 7.53. The van der Waals surface area contributed by atoms with E-state index in [1.54, 1.807) is 0 Å². The number of hydrogen-bond acceptors (Lipinski definition) is 1. The Morgan fingerprint density at radius 3 is 2.36 bits per heavy atom. The third-order valence-corrected chi connectivity index (χ3v) is 2.56. The lowest BCUT2D eigenvalue weighted by molar-refractivity contribution is 0.600. The highest BCUT2D eigenvalue weighted by molar-refractivity contribution is 5.11. The van der Waals surface area contributed by atoms with Crippen LogP contribution < -0.4 is 5.73 Å². The van der Waals surface area contributed by atoms with Gasteiger partial charge < -0.3 is 5.73 Å². The first kappa shape index (κ1) is 8.63. The highest BCUT2D eigenvalue weighted by Gasteiger charge is 2.04. The predicted molar refractivity (Wildman–Crippen MR) is 49.2 cm³/mol. The Labute approximate surface area is 69.7 Å². The molecule has 1 aliphatic carbocycles. The molecule has 1 rings (SSSR count). The Hall–Kier alpha value is -0.460. The van der Waals surface area contributed by atoms with Crippen LogP contribution in [0.2, 0.25) is 0 Å². The van der Waals surface area contributed by atoms with E-state index < -0.39 is 0 Å². The second kappa shape index (κ2) is 4.42. The van der Waals surface area contributed by atoms with Gasteiger partial charge in [0.15, 0.2) is 0 Å². The maximum Gasteiger partial charge on any atom is 0.00722 e. The highest BCUT2D eigenvalue weighted by Crippen LogP contribution is 2.21. The zero-order chi connectivity index (χ0) is 8.10. The maximum absolute atomic E-state index is 5.94. The fourth-order valence-corrected chi connectivity index (χ4v) is 1.75. The van der Waals surface area contributed by atoms with E-state index in [1.165, 1.54) is 43.4 Å². The summed E-state index contributed by atoms with van der Waals surface area (Å²) in [7, 11) is 0. The van der Waals surface area contributed by atoms with Gasteiger partial charge in [0.2, 0.25) is 0 Å². The average Bonchev–Trinajstić information content (AvgIpc) is 1.98. The van der Waals surface area contributed by atoms with Gasteiger partial charge in [0.1, 0.15) is 0 Å². The second-order valence-corrected chi connectivity index (χ2v) is 3.40. The van der Waals surface area contributed by atoms with Crippen LogP contribution in [0.15, 0.2) is 11.3 Å². The highest BCUT2D eigenvalue weighted by atomic mass is 14.6. The van der Waals surface area contributed by atoms with Gasteiger partial charge in [-0.05, 0) is 32.1 Å². The number of allylic oxidation sites excluding steroid dienone is 2. The standard InChI is InChI=1S/C10H19N/c1-2-9-7-5-3-4-6-8-10(9)11/h2-8,11H2,1H3. The lowest BCUT2D eigenvalue weighted by Crippen LogP contribution is -2.04. The summed E-state index contributed by atoms with van der Waals surface area (Å²) in [6.07, 6.45) is 8.98. The summed E-state index contributed by atoms with van der Waals surface area (Å²) in [5.74, 6) is 0. The van der Waals surface area contributed by atoms with Gasteiger partial charge in [0, 0.05) is 5.70 Å². The third-order valence-electron chi connectivity index (χ3n) is 2.56. The van der Waals surface area contributed by atoms with E-state index in [-0.39, 0.29) is 0 Å². The fourth-order valence-electron chi connectivity index (χ4n) is 1.75. The van der Waals surface area contributed by atoms with Gasteiger partial charge in [-0.15, -0.1) is 0 Å². The molecule has 0 fully saturated rings. The molecule has 0 atom stereocenters. The van der Waals surface area contributed by atoms with Crippen molar-refractivity contribution >= 4 is 0 Å². The van der Waals surface area contributed by atoms with Gasteiger partial charge in [-0.25, -0.2) is 0 Å². The molecule has 11 heavy (non-hydrogen) atoms. The Kier molecular flexibility index (Phi) is 3.47. The van der Waals surface area contributed by atoms with E-state index >= 15 is 0 Å². The van der Waals surface area contributed by atoms with Gasteiger partial charge in [-0.2, -0.15) is 0 Å². The van der Waals surface area contributed by atoms with Crippen LogP contribution in [0.4, 0.5) is 0 Å². The molecule has 1 nitrogen and oxygen atoms in total. The second-order valence-electron chi connectivity index (χ2n) is 3.40. The smallest absolute Gasteiger partial charge is 0.00722 e. The van der Waals surface area contributed by atoms with Crippen molar-refractivity contribution < 1.29 is 0 Å². The molecule has 0 aromatic rings. The van der Waals surface area contributed by atoms with Crippen LogP contribution in [0.3, 0.4) is 0 Å². The Balaban J connectivity index is 2.56. The minimum atomic E-state index is 1.14. The molecule has 0 spiro atoms. The molecule has 1 aliphatic rings. The molecule has 1 heteroatoms. The largest absolute Gasteiger partial charge is 0.402 e. The first-order valence-electron chi connectivity index (χ1n) is 4.81. The molecule has 2 N–H and O–H groups in total. The minimum absolute atomic E-state index is 1.14. The first-order valence-corrected chi connectivity index (χ1v) is 4.81. The van der Waals surface area contributed by atoms with Crippen LogP contribution in [-0.4, -0.2) is 0 Å². The topological polar surface area (TPSA) is 26.0 Å². The molecule has 0 unspecified atom stereocenters. The summed E-state index contributed by atoms with van der Waals surface area (Å²) in [6.45, 7) is 2.21. The summed E-state index contributed by atoms with van der Waals surface area (Å²) in [5.41, 5.74) is 8.64. The van der Waals surface area contributed by atoms with Crippen molar-refractivity contribution in [1.29, 1.82) is 0 Å². The molecule has 0 amide bonds. The number of rotatable bonds is 1. The summed E-state index contributed by atoms with van der Waals surface area (Å²) in [5, 5.41) is 0. The van der Waals surface area contributed by atoms with Crippen LogP contribution in [-0.2, 0) is 0 Å². The SMILES string of the molecule is CCC1=C(N)CCCCCC1. The summed E-state index contributed by atoms with van der Waals surface area (Å²) >= 11 is 0. The molecule has 0 aromatic carbocycles. The predicted octanol–water partition coefficient (Wildman–Crippen LogP) is 2.96. The van der Waals surface area contributed by atoms with E-state index in [4.69, 9.17) is 5.73 Å². The lowest BCUT2D eigenvalue weighted by Gasteiger charge is -2.13. The minimum Gasteiger partial charge on any atom is -0.402 e. The molecule has 0 aliphatic heterocycles. The number of nitrogens with two attached hydrogens (primary N) is 1. The van der Waals surface area contributed by atoms with Crippen molar-refractivity contribution in [3.8, 4) is 0 Å². The Morgan fingerprint density at radius 1 is 1.09 bits per heavy atom. The monoisotopic (exact) mass is 153 g/mol. The molecular weight excluding hydrogens is 134 g/mol. The van der Waals surface area contributed by atoms with Gasteiger partial charge in [0.25, 0.3) is 0 Å². The molecule has 0 radical (unpaired) electrons. The maximum atomic E-state index is 5.94. The lowest BCUT2D eigenvalue weighted by atomic mass is 9.96. The fraction of sp³-hybridized carbons (Fsp3) is 0.800. The molecule has 0 saturated carbocycles. The Morgan fingerprint density at radius 2 is 1.73 bits per heavy atom. The van der Waals surface area contributed by atoms with E-state index in [0.717, 1.165) is 12.8 Å². The van der Waals surface area contributed by atoms with E-state index in [0.29, 0.717) is 0 Å². The first-order chi connectivity index (χ1) is 5.34. The van der Waals surface area contributed by atoms with E-state index in [9.17, 15) is 0 Å². The molecule has 0 saturated heterocycles. The van der Waals surface area contributed by atoms with Crippen molar-refractivity contribution in [3.05, 3.63) is 11.3 Å². The van der Waals surface area contributed by atoms with Gasteiger partial charge >= 0.3 is 0 Å². The quantitative estimate of drug-likeness (QED) is 0.615. The average molecular weight is 153 g/mol. The summed E-state index contributed by atoms with van der Waals surface area (Å²) in [6, 6.07) is 0. The molecule has 0 heterocycles. The van der Waals surface area contributed by atoms with Crippen LogP contribution in [0.5, 0.6) is 0 Å². The zero-order valence-corrected chi connectivity index (χ0v) is 7.53. The van der Waals surface area contributed by atoms with E-state index in [1.807, 2.05) is 0 Å². The van der Waals surface area contributed by atoms with Gasteiger partial charge in [-0.1, -0.05) is 25.3 Å². The van der Waals surface area contributed by atoms with Crippen molar-refractivity contribution in [2.24, 2.45) is 5.73 Å². The van der Waals surface area contributed by atoms with Crippen LogP contribution in [0, 0.1) is 0 Å². The van der Waals surface area contributed by atoms with Crippen LogP contribution in [0.25, 0.3) is 0 Å². The normalized spacial score (nSPS) is 21.2. The van der Waals surface area contributed by atoms with Gasteiger partial charge in [-0.3, -0.25) is 0 Å².